The topological polar surface area (TPSA) is 74.7 Å². The number of carbonyl (C=O) groups is 1. The van der Waals surface area contributed by atoms with Crippen molar-refractivity contribution in [2.75, 3.05) is 11.6 Å². The molecule has 1 saturated heterocycles. The molecule has 5 nitrogen and oxygen atoms in total. The summed E-state index contributed by atoms with van der Waals surface area (Å²) < 4.78 is 38.8. The summed E-state index contributed by atoms with van der Waals surface area (Å²) in [7, 11) is -3.92. The molecule has 1 aromatic rings. The van der Waals surface area contributed by atoms with Crippen LogP contribution in [0.25, 0.3) is 0 Å². The quantitative estimate of drug-likeness (QED) is 0.910. The molecule has 8 heteroatoms. The van der Waals surface area contributed by atoms with Crippen LogP contribution in [-0.4, -0.2) is 41.5 Å². The molecule has 1 heterocycles. The highest BCUT2D eigenvalue weighted by molar-refractivity contribution is 8.00. The van der Waals surface area contributed by atoms with Crippen molar-refractivity contribution in [3.8, 4) is 0 Å². The van der Waals surface area contributed by atoms with Gasteiger partial charge < -0.3 is 5.11 Å². The maximum Gasteiger partial charge on any atom is 0.322 e. The number of sulfonamides is 1. The summed E-state index contributed by atoms with van der Waals surface area (Å²) in [5, 5.41) is 9.03. The first-order valence-corrected chi connectivity index (χ1v) is 8.02. The molecule has 0 aromatic heterocycles. The molecule has 0 saturated carbocycles. The maximum atomic E-state index is 13.0. The van der Waals surface area contributed by atoms with Crippen molar-refractivity contribution in [2.24, 2.45) is 0 Å². The molecule has 1 fully saturated rings. The number of thioether (sulfide) groups is 1. The lowest BCUT2D eigenvalue weighted by Crippen LogP contribution is -2.41. The Bertz CT molecular complexity index is 617. The molecule has 104 valence electrons. The number of hydrogen-bond acceptors (Lipinski definition) is 4. The Morgan fingerprint density at radius 2 is 2.21 bits per heavy atom. The SMILES string of the molecule is Cc1cc(F)ccc1S(=O)(=O)N1CSCC1C(=O)O. The van der Waals surface area contributed by atoms with Gasteiger partial charge in [-0.15, -0.1) is 11.8 Å². The number of carboxylic acids is 1. The van der Waals surface area contributed by atoms with Gasteiger partial charge >= 0.3 is 5.97 Å². The van der Waals surface area contributed by atoms with Crippen LogP contribution in [0.15, 0.2) is 23.1 Å². The molecule has 1 aliphatic heterocycles. The van der Waals surface area contributed by atoms with E-state index in [9.17, 15) is 17.6 Å². The number of aryl methyl sites for hydroxylation is 1. The Labute approximate surface area is 114 Å². The third-order valence-corrected chi connectivity index (χ3v) is 6.04. The number of halogens is 1. The fourth-order valence-electron chi connectivity index (χ4n) is 1.89. The van der Waals surface area contributed by atoms with E-state index >= 15 is 0 Å². The van der Waals surface area contributed by atoms with E-state index in [1.807, 2.05) is 0 Å². The zero-order valence-corrected chi connectivity index (χ0v) is 11.7. The van der Waals surface area contributed by atoms with Gasteiger partial charge in [-0.05, 0) is 30.7 Å². The standard InChI is InChI=1S/C11H12FNO4S2/c1-7-4-8(12)2-3-10(7)19(16,17)13-6-18-5-9(13)11(14)15/h2-4,9H,5-6H2,1H3,(H,14,15). The van der Waals surface area contributed by atoms with Crippen LogP contribution in [0, 0.1) is 12.7 Å². The predicted octanol–water partition coefficient (Wildman–Crippen LogP) is 1.28. The second-order valence-electron chi connectivity index (χ2n) is 4.16. The number of hydrogen-bond donors (Lipinski definition) is 1. The van der Waals surface area contributed by atoms with Gasteiger partial charge in [0.25, 0.3) is 0 Å². The van der Waals surface area contributed by atoms with Crippen LogP contribution in [0.4, 0.5) is 4.39 Å². The monoisotopic (exact) mass is 305 g/mol. The molecule has 0 amide bonds. The van der Waals surface area contributed by atoms with Gasteiger partial charge in [-0.25, -0.2) is 12.8 Å². The first-order valence-electron chi connectivity index (χ1n) is 5.42. The van der Waals surface area contributed by atoms with E-state index in [-0.39, 0.29) is 22.1 Å². The minimum absolute atomic E-state index is 0.0531. The van der Waals surface area contributed by atoms with E-state index in [0.717, 1.165) is 16.4 Å². The number of benzene rings is 1. The molecule has 0 aliphatic carbocycles. The van der Waals surface area contributed by atoms with Crippen molar-refractivity contribution in [3.63, 3.8) is 0 Å². The molecule has 1 atom stereocenters. The fraction of sp³-hybridized carbons (Fsp3) is 0.364. The van der Waals surface area contributed by atoms with Crippen LogP contribution < -0.4 is 0 Å². The van der Waals surface area contributed by atoms with Crippen molar-refractivity contribution in [3.05, 3.63) is 29.6 Å². The molecule has 1 unspecified atom stereocenters. The Hall–Kier alpha value is -1.12. The van der Waals surface area contributed by atoms with Crippen molar-refractivity contribution >= 4 is 27.8 Å². The molecule has 1 aliphatic rings. The first-order chi connectivity index (χ1) is 8.84. The molecular formula is C11H12FNO4S2. The highest BCUT2D eigenvalue weighted by Crippen LogP contribution is 2.29. The number of carboxylic acid groups (broad SMARTS) is 1. The second kappa shape index (κ2) is 5.10. The van der Waals surface area contributed by atoms with Gasteiger partial charge in [0.1, 0.15) is 11.9 Å². The van der Waals surface area contributed by atoms with Gasteiger partial charge in [0, 0.05) is 5.75 Å². The van der Waals surface area contributed by atoms with Gasteiger partial charge in [0.2, 0.25) is 10.0 Å². The Balaban J connectivity index is 2.45. The van der Waals surface area contributed by atoms with Crippen molar-refractivity contribution < 1.29 is 22.7 Å². The summed E-state index contributed by atoms with van der Waals surface area (Å²) in [5.41, 5.74) is 0.265. The third-order valence-electron chi connectivity index (χ3n) is 2.85. The summed E-state index contributed by atoms with van der Waals surface area (Å²) >= 11 is 1.24. The molecule has 0 radical (unpaired) electrons. The van der Waals surface area contributed by atoms with Crippen molar-refractivity contribution in [2.45, 2.75) is 17.9 Å². The molecule has 0 spiro atoms. The fourth-order valence-corrected chi connectivity index (χ4v) is 5.23. The number of nitrogens with zero attached hydrogens (tertiary/aromatic N) is 1. The highest BCUT2D eigenvalue weighted by Gasteiger charge is 2.40. The van der Waals surface area contributed by atoms with Gasteiger partial charge in [-0.3, -0.25) is 4.79 Å². The van der Waals surface area contributed by atoms with Crippen molar-refractivity contribution in [1.29, 1.82) is 0 Å². The van der Waals surface area contributed by atoms with Crippen LogP contribution in [0.2, 0.25) is 0 Å². The highest BCUT2D eigenvalue weighted by atomic mass is 32.2. The van der Waals surface area contributed by atoms with E-state index in [1.54, 1.807) is 0 Å². The minimum Gasteiger partial charge on any atom is -0.480 e. The Morgan fingerprint density at radius 3 is 2.79 bits per heavy atom. The lowest BCUT2D eigenvalue weighted by Gasteiger charge is -2.21. The van der Waals surface area contributed by atoms with Gasteiger partial charge in [-0.1, -0.05) is 0 Å². The third kappa shape index (κ3) is 2.60. The van der Waals surface area contributed by atoms with E-state index in [4.69, 9.17) is 5.11 Å². The number of aliphatic carboxylic acids is 1. The van der Waals surface area contributed by atoms with E-state index in [1.165, 1.54) is 24.8 Å². The van der Waals surface area contributed by atoms with Crippen LogP contribution in [0.5, 0.6) is 0 Å². The molecule has 1 aromatic carbocycles. The summed E-state index contributed by atoms with van der Waals surface area (Å²) in [6, 6.07) is 2.27. The summed E-state index contributed by atoms with van der Waals surface area (Å²) in [4.78, 5) is 11.0. The smallest absolute Gasteiger partial charge is 0.322 e. The lowest BCUT2D eigenvalue weighted by molar-refractivity contribution is -0.140. The van der Waals surface area contributed by atoms with E-state index in [0.29, 0.717) is 0 Å². The van der Waals surface area contributed by atoms with Crippen molar-refractivity contribution in [1.82, 2.24) is 4.31 Å². The summed E-state index contributed by atoms with van der Waals surface area (Å²) in [6.07, 6.45) is 0. The second-order valence-corrected chi connectivity index (χ2v) is 7.01. The summed E-state index contributed by atoms with van der Waals surface area (Å²) in [6.45, 7) is 1.48. The number of rotatable bonds is 3. The van der Waals surface area contributed by atoms with E-state index in [2.05, 4.69) is 0 Å². The average Bonchev–Trinajstić information content (AvgIpc) is 2.77. The first kappa shape index (κ1) is 14.3. The minimum atomic E-state index is -3.92. The van der Waals surface area contributed by atoms with Crippen LogP contribution >= 0.6 is 11.8 Å². The zero-order chi connectivity index (χ0) is 14.2. The van der Waals surface area contributed by atoms with Crippen LogP contribution in [0.3, 0.4) is 0 Å². The molecule has 19 heavy (non-hydrogen) atoms. The van der Waals surface area contributed by atoms with Gasteiger partial charge in [0.05, 0.1) is 10.8 Å². The molecule has 0 bridgehead atoms. The Morgan fingerprint density at radius 1 is 1.53 bits per heavy atom. The maximum absolute atomic E-state index is 13.0. The van der Waals surface area contributed by atoms with Crippen LogP contribution in [-0.2, 0) is 14.8 Å². The van der Waals surface area contributed by atoms with E-state index < -0.39 is 27.9 Å². The Kier molecular flexibility index (Phi) is 3.84. The lowest BCUT2D eigenvalue weighted by atomic mass is 10.2. The predicted molar refractivity (Wildman–Crippen MR) is 68.9 cm³/mol. The molecular weight excluding hydrogens is 293 g/mol. The van der Waals surface area contributed by atoms with Gasteiger partial charge in [-0.2, -0.15) is 4.31 Å². The summed E-state index contributed by atoms with van der Waals surface area (Å²) in [5.74, 6) is -1.39. The normalized spacial score (nSPS) is 20.6. The van der Waals surface area contributed by atoms with Gasteiger partial charge in [0.15, 0.2) is 0 Å². The van der Waals surface area contributed by atoms with Crippen LogP contribution in [0.1, 0.15) is 5.56 Å². The average molecular weight is 305 g/mol. The molecule has 1 N–H and O–H groups in total. The largest absolute Gasteiger partial charge is 0.480 e. The zero-order valence-electron chi connectivity index (χ0n) is 10.0. The molecule has 2 rings (SSSR count).